The summed E-state index contributed by atoms with van der Waals surface area (Å²) in [5.41, 5.74) is 5.61. The maximum atomic E-state index is 12.4. The minimum atomic E-state index is -0.642. The third kappa shape index (κ3) is 2.66. The summed E-state index contributed by atoms with van der Waals surface area (Å²) in [6, 6.07) is 0. The zero-order chi connectivity index (χ0) is 13.2. The maximum Gasteiger partial charge on any atom is 0.242 e. The quantitative estimate of drug-likeness (QED) is 0.732. The van der Waals surface area contributed by atoms with E-state index in [1.165, 1.54) is 6.42 Å². The van der Waals surface area contributed by atoms with E-state index >= 15 is 0 Å². The second kappa shape index (κ2) is 5.26. The second-order valence-electron chi connectivity index (χ2n) is 5.52. The Hall–Kier alpha value is -1.10. The van der Waals surface area contributed by atoms with Crippen molar-refractivity contribution in [2.24, 2.45) is 5.73 Å². The molecule has 0 spiro atoms. The minimum Gasteiger partial charge on any atom is -0.339 e. The number of amides is 2. The molecular weight excluding hydrogens is 230 g/mol. The van der Waals surface area contributed by atoms with Crippen LogP contribution in [0.4, 0.5) is 0 Å². The Morgan fingerprint density at radius 1 is 0.944 bits per heavy atom. The van der Waals surface area contributed by atoms with Crippen molar-refractivity contribution in [1.82, 2.24) is 9.80 Å². The smallest absolute Gasteiger partial charge is 0.242 e. The summed E-state index contributed by atoms with van der Waals surface area (Å²) in [5.74, 6) is 0.174. The van der Waals surface area contributed by atoms with E-state index in [9.17, 15) is 9.59 Å². The Balaban J connectivity index is 1.92. The number of hydrogen-bond donors (Lipinski definition) is 1. The normalized spacial score (nSPS) is 23.9. The van der Waals surface area contributed by atoms with Gasteiger partial charge in [0.05, 0.1) is 5.54 Å². The maximum absolute atomic E-state index is 12.4. The Morgan fingerprint density at radius 3 is 1.94 bits per heavy atom. The van der Waals surface area contributed by atoms with Gasteiger partial charge in [-0.15, -0.1) is 0 Å². The van der Waals surface area contributed by atoms with Crippen molar-refractivity contribution in [2.75, 3.05) is 26.2 Å². The van der Waals surface area contributed by atoms with E-state index in [0.717, 1.165) is 25.7 Å². The molecule has 2 fully saturated rings. The van der Waals surface area contributed by atoms with Crippen molar-refractivity contribution >= 4 is 11.8 Å². The topological polar surface area (TPSA) is 66.6 Å². The van der Waals surface area contributed by atoms with Gasteiger partial charge >= 0.3 is 0 Å². The van der Waals surface area contributed by atoms with Crippen LogP contribution in [0.5, 0.6) is 0 Å². The van der Waals surface area contributed by atoms with E-state index in [-0.39, 0.29) is 11.8 Å². The molecule has 2 N–H and O–H groups in total. The molecular formula is C13H23N3O2. The summed E-state index contributed by atoms with van der Waals surface area (Å²) in [6.45, 7) is 4.09. The Morgan fingerprint density at radius 2 is 1.44 bits per heavy atom. The third-order valence-electron chi connectivity index (χ3n) is 4.18. The van der Waals surface area contributed by atoms with Crippen LogP contribution in [0.1, 0.15) is 39.0 Å². The predicted molar refractivity (Wildman–Crippen MR) is 68.8 cm³/mol. The number of nitrogens with zero attached hydrogens (tertiary/aromatic N) is 2. The van der Waals surface area contributed by atoms with Gasteiger partial charge in [0.2, 0.25) is 11.8 Å². The molecule has 1 aliphatic carbocycles. The van der Waals surface area contributed by atoms with Crippen LogP contribution in [0.15, 0.2) is 0 Å². The van der Waals surface area contributed by atoms with Gasteiger partial charge in [-0.1, -0.05) is 19.3 Å². The summed E-state index contributed by atoms with van der Waals surface area (Å²) < 4.78 is 0. The first kappa shape index (κ1) is 13.3. The van der Waals surface area contributed by atoms with Crippen LogP contribution in [0.3, 0.4) is 0 Å². The fourth-order valence-electron chi connectivity index (χ4n) is 2.94. The van der Waals surface area contributed by atoms with Crippen LogP contribution in [0, 0.1) is 0 Å². The monoisotopic (exact) mass is 253 g/mol. The first-order valence-corrected chi connectivity index (χ1v) is 6.87. The van der Waals surface area contributed by atoms with Crippen molar-refractivity contribution in [3.05, 3.63) is 0 Å². The molecule has 0 aromatic heterocycles. The fourth-order valence-corrected chi connectivity index (χ4v) is 2.94. The molecule has 0 unspecified atom stereocenters. The standard InChI is InChI=1S/C13H23N3O2/c1-11(17)15-7-9-16(10-8-15)12(18)13(14)5-3-2-4-6-13/h2-10,14H2,1H3. The predicted octanol–water partition coefficient (Wildman–Crippen LogP) is 0.339. The van der Waals surface area contributed by atoms with Crippen LogP contribution in [0.25, 0.3) is 0 Å². The van der Waals surface area contributed by atoms with Gasteiger partial charge < -0.3 is 15.5 Å². The molecule has 2 aliphatic rings. The molecule has 2 amide bonds. The van der Waals surface area contributed by atoms with Gasteiger partial charge in [-0.25, -0.2) is 0 Å². The Bertz CT molecular complexity index is 329. The van der Waals surface area contributed by atoms with Gasteiger partial charge in [-0.3, -0.25) is 9.59 Å². The van der Waals surface area contributed by atoms with Crippen molar-refractivity contribution in [1.29, 1.82) is 0 Å². The summed E-state index contributed by atoms with van der Waals surface area (Å²) in [6.07, 6.45) is 4.90. The molecule has 1 aliphatic heterocycles. The van der Waals surface area contributed by atoms with Crippen molar-refractivity contribution in [3.63, 3.8) is 0 Å². The number of carbonyl (C=O) groups excluding carboxylic acids is 2. The van der Waals surface area contributed by atoms with Crippen LogP contribution in [-0.4, -0.2) is 53.3 Å². The van der Waals surface area contributed by atoms with E-state index < -0.39 is 5.54 Å². The van der Waals surface area contributed by atoms with Gasteiger partial charge in [0.1, 0.15) is 0 Å². The average Bonchev–Trinajstić information content (AvgIpc) is 2.39. The molecule has 0 bridgehead atoms. The van der Waals surface area contributed by atoms with E-state index in [1.807, 2.05) is 4.90 Å². The van der Waals surface area contributed by atoms with Gasteiger partial charge in [0.25, 0.3) is 0 Å². The molecule has 0 aromatic rings. The van der Waals surface area contributed by atoms with Crippen LogP contribution in [0.2, 0.25) is 0 Å². The van der Waals surface area contributed by atoms with Crippen molar-refractivity contribution in [2.45, 2.75) is 44.6 Å². The number of nitrogens with two attached hydrogens (primary N) is 1. The SMILES string of the molecule is CC(=O)N1CCN(C(=O)C2(N)CCCCC2)CC1. The lowest BCUT2D eigenvalue weighted by molar-refractivity contribution is -0.143. The van der Waals surface area contributed by atoms with Gasteiger partial charge in [-0.2, -0.15) is 0 Å². The van der Waals surface area contributed by atoms with Crippen LogP contribution < -0.4 is 5.73 Å². The molecule has 5 heteroatoms. The molecule has 0 radical (unpaired) electrons. The van der Waals surface area contributed by atoms with E-state index in [1.54, 1.807) is 11.8 Å². The van der Waals surface area contributed by atoms with Crippen LogP contribution >= 0.6 is 0 Å². The number of carbonyl (C=O) groups is 2. The molecule has 1 saturated heterocycles. The summed E-state index contributed by atoms with van der Waals surface area (Å²) in [7, 11) is 0. The number of hydrogen-bond acceptors (Lipinski definition) is 3. The van der Waals surface area contributed by atoms with E-state index in [2.05, 4.69) is 0 Å². The summed E-state index contributed by atoms with van der Waals surface area (Å²) >= 11 is 0. The molecule has 2 rings (SSSR count). The Labute approximate surface area is 108 Å². The first-order valence-electron chi connectivity index (χ1n) is 6.87. The molecule has 1 heterocycles. The average molecular weight is 253 g/mol. The highest BCUT2D eigenvalue weighted by molar-refractivity contribution is 5.86. The van der Waals surface area contributed by atoms with Crippen molar-refractivity contribution < 1.29 is 9.59 Å². The molecule has 0 aromatic carbocycles. The lowest BCUT2D eigenvalue weighted by Gasteiger charge is -2.40. The molecule has 0 atom stereocenters. The minimum absolute atomic E-state index is 0.0854. The number of piperazine rings is 1. The van der Waals surface area contributed by atoms with E-state index in [4.69, 9.17) is 5.73 Å². The fraction of sp³-hybridized carbons (Fsp3) is 0.846. The van der Waals surface area contributed by atoms with Gasteiger partial charge in [-0.05, 0) is 12.8 Å². The van der Waals surface area contributed by atoms with E-state index in [0.29, 0.717) is 26.2 Å². The van der Waals surface area contributed by atoms with Gasteiger partial charge in [0, 0.05) is 33.1 Å². The first-order chi connectivity index (χ1) is 8.53. The molecule has 5 nitrogen and oxygen atoms in total. The molecule has 102 valence electrons. The summed E-state index contributed by atoms with van der Waals surface area (Å²) in [4.78, 5) is 27.3. The van der Waals surface area contributed by atoms with Crippen LogP contribution in [-0.2, 0) is 9.59 Å². The zero-order valence-electron chi connectivity index (χ0n) is 11.2. The molecule has 1 saturated carbocycles. The third-order valence-corrected chi connectivity index (χ3v) is 4.18. The molecule has 18 heavy (non-hydrogen) atoms. The number of rotatable bonds is 1. The largest absolute Gasteiger partial charge is 0.339 e. The lowest BCUT2D eigenvalue weighted by atomic mass is 9.81. The highest BCUT2D eigenvalue weighted by atomic mass is 16.2. The zero-order valence-corrected chi connectivity index (χ0v) is 11.2. The highest BCUT2D eigenvalue weighted by Gasteiger charge is 2.39. The Kier molecular flexibility index (Phi) is 3.90. The lowest BCUT2D eigenvalue weighted by Crippen LogP contribution is -2.60. The highest BCUT2D eigenvalue weighted by Crippen LogP contribution is 2.28. The summed E-state index contributed by atoms with van der Waals surface area (Å²) in [5, 5.41) is 0. The van der Waals surface area contributed by atoms with Gasteiger partial charge in [0.15, 0.2) is 0 Å². The van der Waals surface area contributed by atoms with Crippen molar-refractivity contribution in [3.8, 4) is 0 Å². The second-order valence-corrected chi connectivity index (χ2v) is 5.52.